The number of halogens is 4. The SMILES string of the molecule is OC(COc1ccccc1OCC(F)(F)F)c1ccc(F)cc1. The first-order chi connectivity index (χ1) is 10.8. The van der Waals surface area contributed by atoms with Crippen molar-refractivity contribution in [3.8, 4) is 11.5 Å². The van der Waals surface area contributed by atoms with Crippen LogP contribution in [0.4, 0.5) is 17.6 Å². The molecule has 2 rings (SSSR count). The largest absolute Gasteiger partial charge is 0.487 e. The van der Waals surface area contributed by atoms with Gasteiger partial charge in [0, 0.05) is 0 Å². The number of ether oxygens (including phenoxy) is 2. The van der Waals surface area contributed by atoms with Crippen molar-refractivity contribution < 1.29 is 32.1 Å². The highest BCUT2D eigenvalue weighted by atomic mass is 19.4. The van der Waals surface area contributed by atoms with Gasteiger partial charge in [0.1, 0.15) is 18.5 Å². The number of aliphatic hydroxyl groups is 1. The molecular weight excluding hydrogens is 316 g/mol. The lowest BCUT2D eigenvalue weighted by Gasteiger charge is -2.16. The molecule has 0 spiro atoms. The molecule has 0 radical (unpaired) electrons. The summed E-state index contributed by atoms with van der Waals surface area (Å²) in [6, 6.07) is 11.0. The van der Waals surface area contributed by atoms with E-state index in [2.05, 4.69) is 4.74 Å². The van der Waals surface area contributed by atoms with Gasteiger partial charge in [0.2, 0.25) is 0 Å². The zero-order valence-corrected chi connectivity index (χ0v) is 11.9. The Morgan fingerprint density at radius 3 is 2.04 bits per heavy atom. The fourth-order valence-corrected chi connectivity index (χ4v) is 1.80. The Morgan fingerprint density at radius 1 is 0.913 bits per heavy atom. The summed E-state index contributed by atoms with van der Waals surface area (Å²) in [7, 11) is 0. The van der Waals surface area contributed by atoms with Crippen molar-refractivity contribution in [2.24, 2.45) is 0 Å². The minimum Gasteiger partial charge on any atom is -0.487 e. The minimum absolute atomic E-state index is 0.0730. The van der Waals surface area contributed by atoms with Crippen LogP contribution in [-0.2, 0) is 0 Å². The van der Waals surface area contributed by atoms with Crippen LogP contribution in [0.25, 0.3) is 0 Å². The second-order valence-corrected chi connectivity index (χ2v) is 4.73. The van der Waals surface area contributed by atoms with Crippen LogP contribution >= 0.6 is 0 Å². The number of hydrogen-bond donors (Lipinski definition) is 1. The molecule has 0 heterocycles. The van der Waals surface area contributed by atoms with Gasteiger partial charge in [-0.25, -0.2) is 4.39 Å². The lowest BCUT2D eigenvalue weighted by molar-refractivity contribution is -0.153. The van der Waals surface area contributed by atoms with Gasteiger partial charge in [0.05, 0.1) is 0 Å². The molecule has 0 bridgehead atoms. The monoisotopic (exact) mass is 330 g/mol. The molecular formula is C16H14F4O3. The first kappa shape index (κ1) is 17.1. The molecule has 1 N–H and O–H groups in total. The first-order valence-electron chi connectivity index (χ1n) is 6.70. The summed E-state index contributed by atoms with van der Waals surface area (Å²) in [4.78, 5) is 0. The van der Waals surface area contributed by atoms with E-state index in [1.54, 1.807) is 6.07 Å². The van der Waals surface area contributed by atoms with Crippen LogP contribution in [0.3, 0.4) is 0 Å². The lowest BCUT2D eigenvalue weighted by atomic mass is 10.1. The number of aliphatic hydroxyl groups excluding tert-OH is 1. The summed E-state index contributed by atoms with van der Waals surface area (Å²) in [6.45, 7) is -1.65. The first-order valence-corrected chi connectivity index (χ1v) is 6.70. The molecule has 124 valence electrons. The number of alkyl halides is 3. The minimum atomic E-state index is -4.46. The van der Waals surface area contributed by atoms with Crippen molar-refractivity contribution in [3.63, 3.8) is 0 Å². The molecule has 3 nitrogen and oxygen atoms in total. The van der Waals surface area contributed by atoms with Crippen molar-refractivity contribution in [3.05, 3.63) is 59.9 Å². The number of rotatable bonds is 6. The molecule has 0 saturated carbocycles. The second kappa shape index (κ2) is 7.32. The Bertz CT molecular complexity index is 626. The maximum Gasteiger partial charge on any atom is 0.422 e. The summed E-state index contributed by atoms with van der Waals surface area (Å²) in [5.74, 6) is -0.429. The van der Waals surface area contributed by atoms with Gasteiger partial charge in [-0.3, -0.25) is 0 Å². The molecule has 1 unspecified atom stereocenters. The number of hydrogen-bond acceptors (Lipinski definition) is 3. The Kier molecular flexibility index (Phi) is 5.44. The smallest absolute Gasteiger partial charge is 0.422 e. The maximum absolute atomic E-state index is 12.8. The molecule has 2 aromatic carbocycles. The van der Waals surface area contributed by atoms with E-state index in [0.29, 0.717) is 5.56 Å². The van der Waals surface area contributed by atoms with Crippen molar-refractivity contribution in [1.29, 1.82) is 0 Å². The van der Waals surface area contributed by atoms with Crippen LogP contribution in [0.15, 0.2) is 48.5 Å². The van der Waals surface area contributed by atoms with Gasteiger partial charge in [-0.05, 0) is 29.8 Å². The van der Waals surface area contributed by atoms with E-state index in [1.807, 2.05) is 0 Å². The van der Waals surface area contributed by atoms with Crippen molar-refractivity contribution in [2.75, 3.05) is 13.2 Å². The molecule has 2 aromatic rings. The van der Waals surface area contributed by atoms with Crippen molar-refractivity contribution >= 4 is 0 Å². The molecule has 0 amide bonds. The average molecular weight is 330 g/mol. The normalized spacial score (nSPS) is 12.7. The third kappa shape index (κ3) is 5.45. The average Bonchev–Trinajstić information content (AvgIpc) is 2.51. The van der Waals surface area contributed by atoms with Crippen LogP contribution in [0.1, 0.15) is 11.7 Å². The van der Waals surface area contributed by atoms with Crippen LogP contribution in [-0.4, -0.2) is 24.5 Å². The molecule has 0 aliphatic rings. The number of para-hydroxylation sites is 2. The molecule has 1 atom stereocenters. The van der Waals surface area contributed by atoms with Gasteiger partial charge < -0.3 is 14.6 Å². The van der Waals surface area contributed by atoms with Gasteiger partial charge in [-0.2, -0.15) is 13.2 Å². The third-order valence-corrected chi connectivity index (χ3v) is 2.89. The maximum atomic E-state index is 12.8. The Hall–Kier alpha value is -2.28. The van der Waals surface area contributed by atoms with Crippen molar-refractivity contribution in [1.82, 2.24) is 0 Å². The van der Waals surface area contributed by atoms with Crippen LogP contribution in [0.2, 0.25) is 0 Å². The molecule has 0 aliphatic heterocycles. The van der Waals surface area contributed by atoms with Crippen LogP contribution in [0.5, 0.6) is 11.5 Å². The van der Waals surface area contributed by atoms with E-state index in [0.717, 1.165) is 0 Å². The Labute approximate surface area is 130 Å². The zero-order valence-electron chi connectivity index (χ0n) is 11.9. The molecule has 0 saturated heterocycles. The van der Waals surface area contributed by atoms with E-state index in [9.17, 15) is 22.7 Å². The highest BCUT2D eigenvalue weighted by Crippen LogP contribution is 2.29. The second-order valence-electron chi connectivity index (χ2n) is 4.73. The summed E-state index contributed by atoms with van der Waals surface area (Å²) in [5.41, 5.74) is 0.431. The summed E-state index contributed by atoms with van der Waals surface area (Å²) in [5, 5.41) is 9.95. The topological polar surface area (TPSA) is 38.7 Å². The van der Waals surface area contributed by atoms with E-state index in [1.165, 1.54) is 42.5 Å². The standard InChI is InChI=1S/C16H14F4O3/c17-12-7-5-11(6-8-12)13(21)9-22-14-3-1-2-4-15(14)23-10-16(18,19)20/h1-8,13,21H,9-10H2. The van der Waals surface area contributed by atoms with Gasteiger partial charge in [0.15, 0.2) is 18.1 Å². The third-order valence-electron chi connectivity index (χ3n) is 2.89. The van der Waals surface area contributed by atoms with Crippen LogP contribution < -0.4 is 9.47 Å². The van der Waals surface area contributed by atoms with Gasteiger partial charge in [-0.1, -0.05) is 24.3 Å². The molecule has 0 aliphatic carbocycles. The van der Waals surface area contributed by atoms with Gasteiger partial charge in [0.25, 0.3) is 0 Å². The fourth-order valence-electron chi connectivity index (χ4n) is 1.80. The van der Waals surface area contributed by atoms with Gasteiger partial charge in [-0.15, -0.1) is 0 Å². The molecule has 7 heteroatoms. The van der Waals surface area contributed by atoms with Crippen LogP contribution in [0, 0.1) is 5.82 Å². The molecule has 0 fully saturated rings. The quantitative estimate of drug-likeness (QED) is 0.817. The fraction of sp³-hybridized carbons (Fsp3) is 0.250. The highest BCUT2D eigenvalue weighted by Gasteiger charge is 2.29. The summed E-state index contributed by atoms with van der Waals surface area (Å²) in [6.07, 6.45) is -5.51. The van der Waals surface area contributed by atoms with E-state index < -0.39 is 24.7 Å². The lowest BCUT2D eigenvalue weighted by Crippen LogP contribution is -2.19. The van der Waals surface area contributed by atoms with E-state index in [4.69, 9.17) is 4.74 Å². The predicted octanol–water partition coefficient (Wildman–Crippen LogP) is 3.88. The highest BCUT2D eigenvalue weighted by molar-refractivity contribution is 5.39. The zero-order chi connectivity index (χ0) is 16.9. The van der Waals surface area contributed by atoms with Gasteiger partial charge >= 0.3 is 6.18 Å². The Morgan fingerprint density at radius 2 is 1.48 bits per heavy atom. The van der Waals surface area contributed by atoms with Crippen molar-refractivity contribution in [2.45, 2.75) is 12.3 Å². The number of benzene rings is 2. The summed E-state index contributed by atoms with van der Waals surface area (Å²) < 4.78 is 59.4. The molecule has 0 aromatic heterocycles. The Balaban J connectivity index is 1.98. The van der Waals surface area contributed by atoms with E-state index in [-0.39, 0.29) is 18.1 Å². The van der Waals surface area contributed by atoms with E-state index >= 15 is 0 Å². The molecule has 23 heavy (non-hydrogen) atoms. The summed E-state index contributed by atoms with van der Waals surface area (Å²) >= 11 is 0. The predicted molar refractivity (Wildman–Crippen MR) is 74.8 cm³/mol.